The summed E-state index contributed by atoms with van der Waals surface area (Å²) in [5.74, 6) is 0.269. The molecule has 1 amide bonds. The van der Waals surface area contributed by atoms with Gasteiger partial charge in [-0.15, -0.1) is 0 Å². The molecule has 0 aromatic heterocycles. The van der Waals surface area contributed by atoms with Gasteiger partial charge in [0.2, 0.25) is 0 Å². The van der Waals surface area contributed by atoms with Crippen LogP contribution >= 0.6 is 23.4 Å². The minimum atomic E-state index is -4.42. The van der Waals surface area contributed by atoms with Crippen LogP contribution in [0.2, 0.25) is 5.02 Å². The van der Waals surface area contributed by atoms with Gasteiger partial charge in [0.15, 0.2) is 5.17 Å². The van der Waals surface area contributed by atoms with Crippen LogP contribution in [0.3, 0.4) is 0 Å². The van der Waals surface area contributed by atoms with E-state index in [1.165, 1.54) is 28.8 Å². The maximum atomic E-state index is 12.6. The van der Waals surface area contributed by atoms with E-state index in [0.29, 0.717) is 29.0 Å². The monoisotopic (exact) mass is 398 g/mol. The second-order valence-corrected chi connectivity index (χ2v) is 6.99. The molecule has 0 unspecified atom stereocenters. The molecule has 1 aliphatic rings. The molecule has 0 bridgehead atoms. The van der Waals surface area contributed by atoms with E-state index >= 15 is 0 Å². The first-order chi connectivity index (χ1) is 12.3. The van der Waals surface area contributed by atoms with Gasteiger partial charge >= 0.3 is 6.18 Å². The highest BCUT2D eigenvalue weighted by atomic mass is 35.5. The molecule has 1 heterocycles. The molecular formula is C18H14ClF3N2OS. The SMILES string of the molecule is O=C(c1ccc(C(F)(F)F)cc1)N1CCN=C1SCc1ccc(Cl)cc1. The van der Waals surface area contributed by atoms with Crippen molar-refractivity contribution in [3.63, 3.8) is 0 Å². The van der Waals surface area contributed by atoms with E-state index in [4.69, 9.17) is 11.6 Å². The normalized spacial score (nSPS) is 14.5. The standard InChI is InChI=1S/C18H14ClF3N2OS/c19-15-7-1-12(2-8-15)11-26-17-23-9-10-24(17)16(25)13-3-5-14(6-4-13)18(20,21)22/h1-8H,9-11H2. The molecule has 0 saturated heterocycles. The number of thioether (sulfide) groups is 1. The molecule has 0 spiro atoms. The Labute approximate surface area is 157 Å². The minimum Gasteiger partial charge on any atom is -0.286 e. The lowest BCUT2D eigenvalue weighted by Gasteiger charge is -2.18. The Kier molecular flexibility index (Phi) is 5.58. The maximum Gasteiger partial charge on any atom is 0.416 e. The second-order valence-electron chi connectivity index (χ2n) is 5.61. The predicted octanol–water partition coefficient (Wildman–Crippen LogP) is 5.10. The number of halogens is 4. The zero-order chi connectivity index (χ0) is 18.7. The Morgan fingerprint density at radius 2 is 1.77 bits per heavy atom. The van der Waals surface area contributed by atoms with Gasteiger partial charge in [0.05, 0.1) is 12.1 Å². The largest absolute Gasteiger partial charge is 0.416 e. The van der Waals surface area contributed by atoms with Gasteiger partial charge in [-0.05, 0) is 42.0 Å². The first kappa shape index (κ1) is 18.8. The molecule has 3 rings (SSSR count). The summed E-state index contributed by atoms with van der Waals surface area (Å²) in [5, 5.41) is 1.22. The lowest BCUT2D eigenvalue weighted by molar-refractivity contribution is -0.137. The van der Waals surface area contributed by atoms with Crippen LogP contribution in [0.15, 0.2) is 53.5 Å². The summed E-state index contributed by atoms with van der Waals surface area (Å²) in [5.41, 5.74) is 0.470. The molecule has 3 nitrogen and oxygen atoms in total. The van der Waals surface area contributed by atoms with Gasteiger partial charge in [-0.25, -0.2) is 0 Å². The van der Waals surface area contributed by atoms with Crippen molar-refractivity contribution in [1.82, 2.24) is 4.90 Å². The quantitative estimate of drug-likeness (QED) is 0.720. The average molecular weight is 399 g/mol. The van der Waals surface area contributed by atoms with Gasteiger partial charge in [-0.1, -0.05) is 35.5 Å². The van der Waals surface area contributed by atoms with Gasteiger partial charge < -0.3 is 0 Å². The zero-order valence-corrected chi connectivity index (χ0v) is 15.0. The zero-order valence-electron chi connectivity index (χ0n) is 13.5. The van der Waals surface area contributed by atoms with Crippen molar-refractivity contribution >= 4 is 34.4 Å². The summed E-state index contributed by atoms with van der Waals surface area (Å²) in [6, 6.07) is 11.6. The van der Waals surface area contributed by atoms with Crippen LogP contribution < -0.4 is 0 Å². The Bertz CT molecular complexity index is 820. The molecule has 0 saturated carbocycles. The molecule has 0 N–H and O–H groups in total. The van der Waals surface area contributed by atoms with Gasteiger partial charge in [-0.3, -0.25) is 14.7 Å². The molecule has 1 aliphatic heterocycles. The summed E-state index contributed by atoms with van der Waals surface area (Å²) < 4.78 is 37.9. The summed E-state index contributed by atoms with van der Waals surface area (Å²) in [6.45, 7) is 0.901. The summed E-state index contributed by atoms with van der Waals surface area (Å²) in [7, 11) is 0. The smallest absolute Gasteiger partial charge is 0.286 e. The first-order valence-electron chi connectivity index (χ1n) is 7.75. The van der Waals surface area contributed by atoms with Crippen molar-refractivity contribution in [3.8, 4) is 0 Å². The van der Waals surface area contributed by atoms with Crippen molar-refractivity contribution in [1.29, 1.82) is 0 Å². The molecule has 0 aliphatic carbocycles. The number of hydrogen-bond acceptors (Lipinski definition) is 3. The van der Waals surface area contributed by atoms with E-state index in [1.807, 2.05) is 12.1 Å². The number of carbonyl (C=O) groups excluding carboxylic acids is 1. The summed E-state index contributed by atoms with van der Waals surface area (Å²) in [6.07, 6.45) is -4.42. The Morgan fingerprint density at radius 1 is 1.12 bits per heavy atom. The van der Waals surface area contributed by atoms with Gasteiger partial charge in [0.1, 0.15) is 0 Å². The number of amides is 1. The third-order valence-electron chi connectivity index (χ3n) is 3.79. The van der Waals surface area contributed by atoms with Gasteiger partial charge in [-0.2, -0.15) is 13.2 Å². The first-order valence-corrected chi connectivity index (χ1v) is 9.12. The second kappa shape index (κ2) is 7.72. The predicted molar refractivity (Wildman–Crippen MR) is 97.5 cm³/mol. The Hall–Kier alpha value is -1.99. The number of amidine groups is 1. The van der Waals surface area contributed by atoms with Crippen LogP contribution in [0.5, 0.6) is 0 Å². The molecule has 2 aromatic carbocycles. The fraction of sp³-hybridized carbons (Fsp3) is 0.222. The molecule has 0 atom stereocenters. The molecule has 0 fully saturated rings. The van der Waals surface area contributed by atoms with Crippen molar-refractivity contribution in [2.75, 3.05) is 13.1 Å². The highest BCUT2D eigenvalue weighted by Gasteiger charge is 2.31. The number of nitrogens with zero attached hydrogens (tertiary/aromatic N) is 2. The molecular weight excluding hydrogens is 385 g/mol. The van der Waals surface area contributed by atoms with Gasteiger partial charge in [0.25, 0.3) is 5.91 Å². The minimum absolute atomic E-state index is 0.208. The molecule has 8 heteroatoms. The summed E-state index contributed by atoms with van der Waals surface area (Å²) >= 11 is 7.27. The van der Waals surface area contributed by atoms with E-state index in [2.05, 4.69) is 4.99 Å². The lowest BCUT2D eigenvalue weighted by atomic mass is 10.1. The Morgan fingerprint density at radius 3 is 2.38 bits per heavy atom. The topological polar surface area (TPSA) is 32.7 Å². The van der Waals surface area contributed by atoms with E-state index in [-0.39, 0.29) is 11.5 Å². The van der Waals surface area contributed by atoms with Crippen molar-refractivity contribution in [2.24, 2.45) is 4.99 Å². The van der Waals surface area contributed by atoms with Crippen LogP contribution in [0.25, 0.3) is 0 Å². The van der Waals surface area contributed by atoms with Crippen LogP contribution in [0, 0.1) is 0 Å². The van der Waals surface area contributed by atoms with E-state index in [0.717, 1.165) is 17.7 Å². The van der Waals surface area contributed by atoms with E-state index in [1.54, 1.807) is 12.1 Å². The third-order valence-corrected chi connectivity index (χ3v) is 5.12. The average Bonchev–Trinajstić information content (AvgIpc) is 3.08. The molecule has 2 aromatic rings. The fourth-order valence-electron chi connectivity index (χ4n) is 2.42. The lowest BCUT2D eigenvalue weighted by Crippen LogP contribution is -2.32. The van der Waals surface area contributed by atoms with E-state index < -0.39 is 11.7 Å². The molecule has 136 valence electrons. The highest BCUT2D eigenvalue weighted by molar-refractivity contribution is 8.13. The Balaban J connectivity index is 1.67. The summed E-state index contributed by atoms with van der Waals surface area (Å²) in [4.78, 5) is 18.4. The van der Waals surface area contributed by atoms with Crippen molar-refractivity contribution in [3.05, 3.63) is 70.2 Å². The van der Waals surface area contributed by atoms with E-state index in [9.17, 15) is 18.0 Å². The number of rotatable bonds is 3. The van der Waals surface area contributed by atoms with Crippen LogP contribution in [-0.4, -0.2) is 29.1 Å². The van der Waals surface area contributed by atoms with Crippen molar-refractivity contribution < 1.29 is 18.0 Å². The number of aliphatic imine (C=N–C) groups is 1. The fourth-order valence-corrected chi connectivity index (χ4v) is 3.55. The molecule has 0 radical (unpaired) electrons. The van der Waals surface area contributed by atoms with Gasteiger partial charge in [0, 0.05) is 22.9 Å². The van der Waals surface area contributed by atoms with Crippen LogP contribution in [-0.2, 0) is 11.9 Å². The molecule has 26 heavy (non-hydrogen) atoms. The number of hydrogen-bond donors (Lipinski definition) is 0. The maximum absolute atomic E-state index is 12.6. The van der Waals surface area contributed by atoms with Crippen molar-refractivity contribution in [2.45, 2.75) is 11.9 Å². The number of benzene rings is 2. The van der Waals surface area contributed by atoms with Crippen LogP contribution in [0.1, 0.15) is 21.5 Å². The third kappa shape index (κ3) is 4.40. The highest BCUT2D eigenvalue weighted by Crippen LogP contribution is 2.29. The number of alkyl halides is 3. The van der Waals surface area contributed by atoms with Crippen LogP contribution in [0.4, 0.5) is 13.2 Å². The number of carbonyl (C=O) groups is 1.